The first-order valence-electron chi connectivity index (χ1n) is 5.18. The first kappa shape index (κ1) is 10.2. The summed E-state index contributed by atoms with van der Waals surface area (Å²) < 4.78 is 1.78. The van der Waals surface area contributed by atoms with E-state index in [4.69, 9.17) is 5.73 Å². The molecule has 0 aliphatic carbocycles. The van der Waals surface area contributed by atoms with E-state index in [1.54, 1.807) is 10.9 Å². The molecule has 0 aromatic carbocycles. The largest absolute Gasteiger partial charge is 0.333 e. The van der Waals surface area contributed by atoms with Crippen LogP contribution >= 0.6 is 0 Å². The lowest BCUT2D eigenvalue weighted by Crippen LogP contribution is -2.34. The van der Waals surface area contributed by atoms with E-state index < -0.39 is 0 Å². The van der Waals surface area contributed by atoms with Gasteiger partial charge < -0.3 is 10.6 Å². The van der Waals surface area contributed by atoms with Crippen LogP contribution in [0.4, 0.5) is 0 Å². The summed E-state index contributed by atoms with van der Waals surface area (Å²) in [5, 5.41) is 4.11. The van der Waals surface area contributed by atoms with Gasteiger partial charge in [-0.2, -0.15) is 5.10 Å². The number of likely N-dealkylation sites (N-methyl/N-ethyl adjacent to an activating group) is 1. The van der Waals surface area contributed by atoms with Gasteiger partial charge in [-0.15, -0.1) is 0 Å². The summed E-state index contributed by atoms with van der Waals surface area (Å²) in [4.78, 5) is 13.5. The Balaban J connectivity index is 2.35. The summed E-state index contributed by atoms with van der Waals surface area (Å²) >= 11 is 0. The fourth-order valence-corrected chi connectivity index (χ4v) is 2.24. The third-order valence-corrected chi connectivity index (χ3v) is 2.97. The van der Waals surface area contributed by atoms with Crippen molar-refractivity contribution in [2.45, 2.75) is 25.4 Å². The Morgan fingerprint density at radius 2 is 2.40 bits per heavy atom. The van der Waals surface area contributed by atoms with E-state index in [1.807, 2.05) is 24.9 Å². The minimum absolute atomic E-state index is 0.0185. The summed E-state index contributed by atoms with van der Waals surface area (Å²) in [6, 6.07) is 1.79. The molecule has 2 unspecified atom stereocenters. The van der Waals surface area contributed by atoms with E-state index >= 15 is 0 Å². The predicted molar refractivity (Wildman–Crippen MR) is 55.9 cm³/mol. The molecule has 0 saturated carbocycles. The molecule has 5 heteroatoms. The van der Waals surface area contributed by atoms with E-state index in [0.717, 1.165) is 5.69 Å². The van der Waals surface area contributed by atoms with Crippen molar-refractivity contribution in [1.82, 2.24) is 14.7 Å². The molecule has 1 aromatic rings. The van der Waals surface area contributed by atoms with Gasteiger partial charge in [0.1, 0.15) is 0 Å². The minimum Gasteiger partial charge on any atom is -0.333 e. The fraction of sp³-hybridized carbons (Fsp3) is 0.600. The highest BCUT2D eigenvalue weighted by Crippen LogP contribution is 2.30. The molecule has 0 spiro atoms. The topological polar surface area (TPSA) is 64.2 Å². The van der Waals surface area contributed by atoms with Crippen LogP contribution in [0.3, 0.4) is 0 Å². The maximum atomic E-state index is 11.6. The third kappa shape index (κ3) is 1.52. The molecule has 1 amide bonds. The van der Waals surface area contributed by atoms with Crippen LogP contribution in [0.25, 0.3) is 0 Å². The standard InChI is InChI=1S/C10H16N4O/c1-3-14-9(15)6-7(11)10(14)8-4-5-12-13(8)2/h4-5,7,10H,3,6,11H2,1-2H3. The normalized spacial score (nSPS) is 26.3. The highest BCUT2D eigenvalue weighted by atomic mass is 16.2. The highest BCUT2D eigenvalue weighted by Gasteiger charge is 2.38. The van der Waals surface area contributed by atoms with Gasteiger partial charge in [-0.1, -0.05) is 0 Å². The summed E-state index contributed by atoms with van der Waals surface area (Å²) in [5.74, 6) is 0.135. The van der Waals surface area contributed by atoms with Crippen LogP contribution in [-0.2, 0) is 11.8 Å². The number of nitrogens with zero attached hydrogens (tertiary/aromatic N) is 3. The number of hydrogen-bond donors (Lipinski definition) is 1. The molecule has 1 saturated heterocycles. The van der Waals surface area contributed by atoms with Crippen molar-refractivity contribution < 1.29 is 4.79 Å². The van der Waals surface area contributed by atoms with Gasteiger partial charge in [-0.3, -0.25) is 9.48 Å². The van der Waals surface area contributed by atoms with Crippen molar-refractivity contribution in [1.29, 1.82) is 0 Å². The minimum atomic E-state index is -0.118. The van der Waals surface area contributed by atoms with E-state index in [-0.39, 0.29) is 18.0 Å². The number of carbonyl (C=O) groups excluding carboxylic acids is 1. The summed E-state index contributed by atoms with van der Waals surface area (Å²) in [5.41, 5.74) is 7.00. The summed E-state index contributed by atoms with van der Waals surface area (Å²) in [7, 11) is 1.87. The SMILES string of the molecule is CCN1C(=O)CC(N)C1c1ccnn1C. The zero-order valence-corrected chi connectivity index (χ0v) is 9.05. The van der Waals surface area contributed by atoms with Gasteiger partial charge in [0.05, 0.1) is 11.7 Å². The van der Waals surface area contributed by atoms with Crippen molar-refractivity contribution in [3.05, 3.63) is 18.0 Å². The second-order valence-electron chi connectivity index (χ2n) is 3.87. The van der Waals surface area contributed by atoms with Crippen molar-refractivity contribution in [2.75, 3.05) is 6.54 Å². The van der Waals surface area contributed by atoms with Crippen LogP contribution in [-0.4, -0.2) is 33.2 Å². The zero-order chi connectivity index (χ0) is 11.0. The molecule has 82 valence electrons. The number of rotatable bonds is 2. The van der Waals surface area contributed by atoms with E-state index in [9.17, 15) is 4.79 Å². The first-order valence-corrected chi connectivity index (χ1v) is 5.18. The van der Waals surface area contributed by atoms with Gasteiger partial charge >= 0.3 is 0 Å². The molecule has 1 aromatic heterocycles. The third-order valence-electron chi connectivity index (χ3n) is 2.97. The zero-order valence-electron chi connectivity index (χ0n) is 9.05. The molecular weight excluding hydrogens is 192 g/mol. The molecule has 2 N–H and O–H groups in total. The Bertz CT molecular complexity index is 373. The second-order valence-corrected chi connectivity index (χ2v) is 3.87. The molecule has 1 aliphatic rings. The molecule has 1 aliphatic heterocycles. The number of likely N-dealkylation sites (tertiary alicyclic amines) is 1. The summed E-state index contributed by atoms with van der Waals surface area (Å²) in [6.45, 7) is 2.67. The Morgan fingerprint density at radius 3 is 2.93 bits per heavy atom. The van der Waals surface area contributed by atoms with Crippen LogP contribution in [0, 0.1) is 0 Å². The van der Waals surface area contributed by atoms with Gasteiger partial charge in [0.2, 0.25) is 5.91 Å². The van der Waals surface area contributed by atoms with Crippen LogP contribution in [0.1, 0.15) is 25.1 Å². The maximum Gasteiger partial charge on any atom is 0.224 e. The Kier molecular flexibility index (Phi) is 2.48. The Morgan fingerprint density at radius 1 is 1.67 bits per heavy atom. The van der Waals surface area contributed by atoms with Crippen LogP contribution in [0.5, 0.6) is 0 Å². The number of carbonyl (C=O) groups is 1. The fourth-order valence-electron chi connectivity index (χ4n) is 2.24. The van der Waals surface area contributed by atoms with Crippen molar-refractivity contribution in [3.8, 4) is 0 Å². The molecule has 15 heavy (non-hydrogen) atoms. The monoisotopic (exact) mass is 208 g/mol. The number of hydrogen-bond acceptors (Lipinski definition) is 3. The number of nitrogens with two attached hydrogens (primary N) is 1. The van der Waals surface area contributed by atoms with Gasteiger partial charge in [0.15, 0.2) is 0 Å². The van der Waals surface area contributed by atoms with E-state index in [0.29, 0.717) is 13.0 Å². The van der Waals surface area contributed by atoms with Crippen LogP contribution in [0.2, 0.25) is 0 Å². The lowest BCUT2D eigenvalue weighted by Gasteiger charge is -2.25. The smallest absolute Gasteiger partial charge is 0.224 e. The van der Waals surface area contributed by atoms with Gasteiger partial charge in [-0.05, 0) is 13.0 Å². The average Bonchev–Trinajstić information content (AvgIpc) is 2.70. The average molecular weight is 208 g/mol. The Hall–Kier alpha value is -1.36. The van der Waals surface area contributed by atoms with Crippen molar-refractivity contribution in [2.24, 2.45) is 12.8 Å². The molecule has 2 atom stereocenters. The van der Waals surface area contributed by atoms with Gasteiger partial charge in [0.25, 0.3) is 0 Å². The predicted octanol–water partition coefficient (Wildman–Crippen LogP) is 0.0407. The van der Waals surface area contributed by atoms with Crippen molar-refractivity contribution in [3.63, 3.8) is 0 Å². The van der Waals surface area contributed by atoms with E-state index in [1.165, 1.54) is 0 Å². The summed E-state index contributed by atoms with van der Waals surface area (Å²) in [6.07, 6.45) is 2.17. The van der Waals surface area contributed by atoms with Gasteiger partial charge in [0, 0.05) is 32.3 Å². The maximum absolute atomic E-state index is 11.6. The quantitative estimate of drug-likeness (QED) is 0.746. The second kappa shape index (κ2) is 3.66. The molecule has 5 nitrogen and oxygen atoms in total. The first-order chi connectivity index (χ1) is 7.15. The molecule has 0 bridgehead atoms. The van der Waals surface area contributed by atoms with Crippen LogP contribution in [0.15, 0.2) is 12.3 Å². The lowest BCUT2D eigenvalue weighted by molar-refractivity contribution is -0.128. The van der Waals surface area contributed by atoms with E-state index in [2.05, 4.69) is 5.10 Å². The molecule has 1 fully saturated rings. The molecule has 2 heterocycles. The number of aromatic nitrogens is 2. The molecule has 2 rings (SSSR count). The molecular formula is C10H16N4O. The van der Waals surface area contributed by atoms with Crippen LogP contribution < -0.4 is 5.73 Å². The Labute approximate surface area is 88.8 Å². The van der Waals surface area contributed by atoms with Crippen molar-refractivity contribution >= 4 is 5.91 Å². The molecule has 0 radical (unpaired) electrons. The lowest BCUT2D eigenvalue weighted by atomic mass is 10.1. The highest BCUT2D eigenvalue weighted by molar-refractivity contribution is 5.80. The van der Waals surface area contributed by atoms with Gasteiger partial charge in [-0.25, -0.2) is 0 Å². The number of amides is 1. The number of aryl methyl sites for hydroxylation is 1.